The first kappa shape index (κ1) is 22.4. The molecular weight excluding hydrogens is 405 g/mol. The van der Waals surface area contributed by atoms with Crippen LogP contribution in [0.1, 0.15) is 31.7 Å². The minimum atomic E-state index is -3.51. The van der Waals surface area contributed by atoms with Gasteiger partial charge in [0.15, 0.2) is 0 Å². The number of nitrogens with zero attached hydrogens (tertiary/aromatic N) is 1. The van der Waals surface area contributed by atoms with Crippen LogP contribution in [-0.2, 0) is 14.8 Å². The Hall–Kier alpha value is -2.29. The summed E-state index contributed by atoms with van der Waals surface area (Å²) >= 11 is 0. The molecule has 0 radical (unpaired) electrons. The molecule has 1 fully saturated rings. The number of carbonyl (C=O) groups excluding carboxylic acids is 1. The van der Waals surface area contributed by atoms with Gasteiger partial charge in [-0.25, -0.2) is 12.8 Å². The van der Waals surface area contributed by atoms with Crippen molar-refractivity contribution in [3.63, 3.8) is 0 Å². The quantitative estimate of drug-likeness (QED) is 0.699. The number of anilines is 1. The zero-order valence-electron chi connectivity index (χ0n) is 17.4. The second kappa shape index (κ2) is 9.68. The third kappa shape index (κ3) is 5.44. The Morgan fingerprint density at radius 1 is 1.10 bits per heavy atom. The van der Waals surface area contributed by atoms with Crippen LogP contribution in [0, 0.1) is 5.82 Å². The smallest absolute Gasteiger partial charge is 0.243 e. The van der Waals surface area contributed by atoms with Crippen molar-refractivity contribution in [1.29, 1.82) is 0 Å². The molecule has 1 saturated heterocycles. The lowest BCUT2D eigenvalue weighted by Crippen LogP contribution is -3.14. The summed E-state index contributed by atoms with van der Waals surface area (Å²) in [6, 6.07) is 13.2. The molecule has 2 aromatic carbocycles. The lowest BCUT2D eigenvalue weighted by atomic mass is 10.0. The number of sulfonamides is 1. The Kier molecular flexibility index (Phi) is 7.23. The van der Waals surface area contributed by atoms with Crippen molar-refractivity contribution in [1.82, 2.24) is 4.31 Å². The van der Waals surface area contributed by atoms with Gasteiger partial charge >= 0.3 is 0 Å². The summed E-state index contributed by atoms with van der Waals surface area (Å²) in [4.78, 5) is 13.6. The molecule has 1 aliphatic heterocycles. The standard InChI is InChI=1S/C22H28FN3O3S/c1-17(2)18-7-9-19(10-8-18)30(28,29)26-15-13-25(14-16-26)12-11-22(27)24-21-6-4-3-5-20(21)23/h3-10,17H,11-16H2,1-2H3,(H,24,27)/p+1. The van der Waals surface area contributed by atoms with E-state index in [-0.39, 0.29) is 18.0 Å². The van der Waals surface area contributed by atoms with Crippen LogP contribution in [0.25, 0.3) is 0 Å². The summed E-state index contributed by atoms with van der Waals surface area (Å²) in [6.45, 7) is 6.82. The van der Waals surface area contributed by atoms with E-state index in [1.165, 1.54) is 21.3 Å². The largest absolute Gasteiger partial charge is 0.332 e. The molecule has 2 aromatic rings. The first-order chi connectivity index (χ1) is 14.3. The molecule has 0 aromatic heterocycles. The zero-order chi connectivity index (χ0) is 21.7. The molecule has 1 amide bonds. The van der Waals surface area contributed by atoms with Crippen LogP contribution in [-0.4, -0.2) is 51.4 Å². The van der Waals surface area contributed by atoms with Gasteiger partial charge in [-0.15, -0.1) is 0 Å². The number of piperazine rings is 1. The summed E-state index contributed by atoms with van der Waals surface area (Å²) < 4.78 is 40.9. The van der Waals surface area contributed by atoms with Gasteiger partial charge in [-0.3, -0.25) is 4.79 Å². The first-order valence-corrected chi connectivity index (χ1v) is 11.7. The number of nitrogens with one attached hydrogen (secondary N) is 2. The molecule has 0 spiro atoms. The fraction of sp³-hybridized carbons (Fsp3) is 0.409. The molecule has 0 saturated carbocycles. The van der Waals surface area contributed by atoms with Gasteiger partial charge in [0, 0.05) is 0 Å². The summed E-state index contributed by atoms with van der Waals surface area (Å²) in [5.41, 5.74) is 1.29. The van der Waals surface area contributed by atoms with E-state index in [1.807, 2.05) is 12.1 Å². The van der Waals surface area contributed by atoms with Gasteiger partial charge in [-0.2, -0.15) is 4.31 Å². The van der Waals surface area contributed by atoms with Crippen molar-refractivity contribution in [2.24, 2.45) is 0 Å². The number of rotatable bonds is 7. The lowest BCUT2D eigenvalue weighted by Gasteiger charge is -2.31. The number of hydrogen-bond acceptors (Lipinski definition) is 3. The lowest BCUT2D eigenvalue weighted by molar-refractivity contribution is -0.903. The van der Waals surface area contributed by atoms with Gasteiger partial charge in [-0.1, -0.05) is 38.1 Å². The van der Waals surface area contributed by atoms with E-state index in [1.54, 1.807) is 24.3 Å². The van der Waals surface area contributed by atoms with Crippen molar-refractivity contribution in [3.8, 4) is 0 Å². The highest BCUT2D eigenvalue weighted by molar-refractivity contribution is 7.89. The van der Waals surface area contributed by atoms with Crippen LogP contribution in [0.4, 0.5) is 10.1 Å². The van der Waals surface area contributed by atoms with Crippen molar-refractivity contribution >= 4 is 21.6 Å². The Morgan fingerprint density at radius 2 is 1.73 bits per heavy atom. The molecule has 6 nitrogen and oxygen atoms in total. The molecular formula is C22H29FN3O3S+. The van der Waals surface area contributed by atoms with Gasteiger partial charge in [0.2, 0.25) is 15.9 Å². The van der Waals surface area contributed by atoms with Gasteiger partial charge in [0.05, 0.1) is 49.7 Å². The molecule has 0 bridgehead atoms. The number of hydrogen-bond donors (Lipinski definition) is 2. The zero-order valence-corrected chi connectivity index (χ0v) is 18.2. The minimum absolute atomic E-state index is 0.178. The molecule has 0 unspecified atom stereocenters. The van der Waals surface area contributed by atoms with E-state index in [2.05, 4.69) is 19.2 Å². The van der Waals surface area contributed by atoms with E-state index in [9.17, 15) is 17.6 Å². The Labute approximate surface area is 177 Å². The van der Waals surface area contributed by atoms with Crippen LogP contribution in [0.5, 0.6) is 0 Å². The van der Waals surface area contributed by atoms with Gasteiger partial charge in [-0.05, 0) is 35.7 Å². The highest BCUT2D eigenvalue weighted by Crippen LogP contribution is 2.20. The van der Waals surface area contributed by atoms with Crippen molar-refractivity contribution in [3.05, 3.63) is 59.9 Å². The average molecular weight is 435 g/mol. The normalized spacial score (nSPS) is 16.0. The maximum atomic E-state index is 13.6. The summed E-state index contributed by atoms with van der Waals surface area (Å²) in [6.07, 6.45) is 0.257. The predicted octanol–water partition coefficient (Wildman–Crippen LogP) is 1.87. The van der Waals surface area contributed by atoms with Crippen LogP contribution in [0.2, 0.25) is 0 Å². The molecule has 8 heteroatoms. The number of benzene rings is 2. The van der Waals surface area contributed by atoms with Crippen molar-refractivity contribution in [2.75, 3.05) is 38.0 Å². The van der Waals surface area contributed by atoms with Crippen LogP contribution in [0.3, 0.4) is 0 Å². The minimum Gasteiger partial charge on any atom is -0.332 e. The molecule has 1 heterocycles. The molecule has 2 N–H and O–H groups in total. The third-order valence-electron chi connectivity index (χ3n) is 5.47. The highest BCUT2D eigenvalue weighted by atomic mass is 32.2. The number of amides is 1. The van der Waals surface area contributed by atoms with E-state index in [4.69, 9.17) is 0 Å². The average Bonchev–Trinajstić information content (AvgIpc) is 2.74. The van der Waals surface area contributed by atoms with E-state index < -0.39 is 15.8 Å². The number of halogens is 1. The number of quaternary nitrogens is 1. The van der Waals surface area contributed by atoms with Gasteiger partial charge in [0.25, 0.3) is 0 Å². The fourth-order valence-corrected chi connectivity index (χ4v) is 4.97. The summed E-state index contributed by atoms with van der Waals surface area (Å²) in [5.74, 6) is -0.351. The van der Waals surface area contributed by atoms with Gasteiger partial charge in [0.1, 0.15) is 5.82 Å². The fourth-order valence-electron chi connectivity index (χ4n) is 3.53. The Bertz CT molecular complexity index is 969. The topological polar surface area (TPSA) is 70.9 Å². The van der Waals surface area contributed by atoms with Crippen molar-refractivity contribution in [2.45, 2.75) is 31.1 Å². The molecule has 30 heavy (non-hydrogen) atoms. The van der Waals surface area contributed by atoms with Gasteiger partial charge < -0.3 is 10.2 Å². The molecule has 3 rings (SSSR count). The predicted molar refractivity (Wildman–Crippen MR) is 115 cm³/mol. The molecule has 0 atom stereocenters. The van der Waals surface area contributed by atoms with E-state index >= 15 is 0 Å². The van der Waals surface area contributed by atoms with Crippen LogP contribution in [0.15, 0.2) is 53.4 Å². The maximum absolute atomic E-state index is 13.6. The summed E-state index contributed by atoms with van der Waals surface area (Å²) in [7, 11) is -3.51. The molecule has 0 aliphatic carbocycles. The molecule has 162 valence electrons. The highest BCUT2D eigenvalue weighted by Gasteiger charge is 2.30. The second-order valence-electron chi connectivity index (χ2n) is 7.91. The molecule has 1 aliphatic rings. The van der Waals surface area contributed by atoms with Crippen LogP contribution < -0.4 is 10.2 Å². The second-order valence-corrected chi connectivity index (χ2v) is 9.84. The maximum Gasteiger partial charge on any atom is 0.243 e. The number of carbonyl (C=O) groups is 1. The monoisotopic (exact) mass is 434 g/mol. The SMILES string of the molecule is CC(C)c1ccc(S(=O)(=O)N2CC[NH+](CCC(=O)Nc3ccccc3F)CC2)cc1. The third-order valence-corrected chi connectivity index (χ3v) is 7.38. The van der Waals surface area contributed by atoms with E-state index in [0.717, 1.165) is 5.56 Å². The van der Waals surface area contributed by atoms with E-state index in [0.29, 0.717) is 43.5 Å². The Balaban J connectivity index is 1.49. The number of para-hydroxylation sites is 1. The van der Waals surface area contributed by atoms with Crippen molar-refractivity contribution < 1.29 is 22.5 Å². The first-order valence-electron chi connectivity index (χ1n) is 10.3. The Morgan fingerprint density at radius 3 is 2.33 bits per heavy atom. The van der Waals surface area contributed by atoms with Crippen LogP contribution >= 0.6 is 0 Å². The summed E-state index contributed by atoms with van der Waals surface area (Å²) in [5, 5.41) is 2.58.